The van der Waals surface area contributed by atoms with Gasteiger partial charge in [0.2, 0.25) is 0 Å². The van der Waals surface area contributed by atoms with E-state index in [0.29, 0.717) is 0 Å². The molecule has 0 aromatic rings. The van der Waals surface area contributed by atoms with Gasteiger partial charge in [-0.3, -0.25) is 0 Å². The molecule has 0 aromatic heterocycles. The normalized spacial score (nSPS) is 10.6. The molecule has 0 nitrogen and oxygen atoms in total. The molecule has 0 bridgehead atoms. The quantitative estimate of drug-likeness (QED) is 0.391. The van der Waals surface area contributed by atoms with Crippen LogP contribution in [-0.4, -0.2) is 11.0 Å². The molecule has 15 heavy (non-hydrogen) atoms. The Hall–Kier alpha value is -1.09. The van der Waals surface area contributed by atoms with E-state index in [4.69, 9.17) is 0 Å². The number of thioether (sulfide) groups is 1. The average molecular weight is 218 g/mol. The van der Waals surface area contributed by atoms with Gasteiger partial charge in [0.15, 0.2) is 0 Å². The minimum absolute atomic E-state index is 0.113. The predicted molar refractivity (Wildman–Crippen MR) is 72.0 cm³/mol. The first kappa shape index (κ1) is 13.9. The molecular weight excluding hydrogens is 200 g/mol. The Bertz CT molecular complexity index is 357. The first-order valence-electron chi connectivity index (χ1n) is 4.87. The zero-order chi connectivity index (χ0) is 11.8. The largest absolute Gasteiger partial charge is 0.140 e. The number of allylic oxidation sites excluding steroid dienone is 2. The highest BCUT2D eigenvalue weighted by Crippen LogP contribution is 2.22. The van der Waals surface area contributed by atoms with E-state index in [9.17, 15) is 0 Å². The lowest BCUT2D eigenvalue weighted by atomic mass is 10.1. The number of hydrogen-bond donors (Lipinski definition) is 0. The Morgan fingerprint density at radius 3 is 2.27 bits per heavy atom. The van der Waals surface area contributed by atoms with Crippen molar-refractivity contribution in [2.24, 2.45) is 0 Å². The van der Waals surface area contributed by atoms with Gasteiger partial charge in [-0.15, -0.1) is 17.5 Å². The maximum absolute atomic E-state index is 3.91. The van der Waals surface area contributed by atoms with Crippen molar-refractivity contribution in [3.05, 3.63) is 42.2 Å². The molecule has 0 aromatic carbocycles. The third-order valence-corrected chi connectivity index (χ3v) is 2.68. The molecule has 0 rings (SSSR count). The molecule has 0 saturated carbocycles. The molecule has 0 radical (unpaired) electrons. The van der Waals surface area contributed by atoms with Gasteiger partial charge in [-0.2, -0.15) is 0 Å². The first-order valence-corrected chi connectivity index (χ1v) is 5.92. The van der Waals surface area contributed by atoms with E-state index in [1.807, 2.05) is 13.8 Å². The molecule has 0 heterocycles. The summed E-state index contributed by atoms with van der Waals surface area (Å²) in [6, 6.07) is 0. The molecule has 0 N–H and O–H groups in total. The summed E-state index contributed by atoms with van der Waals surface area (Å²) in [5.74, 6) is 7.18. The summed E-state index contributed by atoms with van der Waals surface area (Å²) in [6.45, 7) is 17.3. The molecule has 1 atom stereocenters. The van der Waals surface area contributed by atoms with Gasteiger partial charge in [-0.05, 0) is 30.7 Å². The van der Waals surface area contributed by atoms with Gasteiger partial charge in [0.1, 0.15) is 0 Å². The third-order valence-electron chi connectivity index (χ3n) is 1.66. The van der Waals surface area contributed by atoms with E-state index in [-0.39, 0.29) is 5.25 Å². The number of rotatable bonds is 4. The first-order chi connectivity index (χ1) is 7.02. The fraction of sp³-hybridized carbons (Fsp3) is 0.357. The van der Waals surface area contributed by atoms with Crippen molar-refractivity contribution in [1.29, 1.82) is 0 Å². The monoisotopic (exact) mass is 218 g/mol. The minimum Gasteiger partial charge on any atom is -0.140 e. The van der Waals surface area contributed by atoms with E-state index in [1.54, 1.807) is 11.8 Å². The maximum Gasteiger partial charge on any atom is 0.0982 e. The van der Waals surface area contributed by atoms with E-state index in [0.717, 1.165) is 22.5 Å². The second kappa shape index (κ2) is 7.23. The summed E-state index contributed by atoms with van der Waals surface area (Å²) >= 11 is 1.76. The van der Waals surface area contributed by atoms with Gasteiger partial charge >= 0.3 is 0 Å². The van der Waals surface area contributed by atoms with Crippen LogP contribution in [0.25, 0.3) is 0 Å². The molecule has 1 unspecified atom stereocenters. The summed E-state index contributed by atoms with van der Waals surface area (Å²) in [5, 5.41) is 0.113. The highest BCUT2D eigenvalue weighted by Gasteiger charge is 2.11. The molecular formula is C14H18S. The lowest BCUT2D eigenvalue weighted by Crippen LogP contribution is -2.04. The molecule has 1 heteroatoms. The van der Waals surface area contributed by atoms with Crippen LogP contribution in [0.5, 0.6) is 0 Å². The lowest BCUT2D eigenvalue weighted by molar-refractivity contribution is 1.27. The summed E-state index contributed by atoms with van der Waals surface area (Å²) < 4.78 is 0. The smallest absolute Gasteiger partial charge is 0.0982 e. The average Bonchev–Trinajstić information content (AvgIpc) is 2.14. The van der Waals surface area contributed by atoms with Gasteiger partial charge in [0, 0.05) is 5.57 Å². The third kappa shape index (κ3) is 5.37. The summed E-state index contributed by atoms with van der Waals surface area (Å²) in [5.41, 5.74) is 5.78. The lowest BCUT2D eigenvalue weighted by Gasteiger charge is -2.11. The van der Waals surface area contributed by atoms with Crippen LogP contribution in [0.2, 0.25) is 0 Å². The predicted octanol–water partition coefficient (Wildman–Crippen LogP) is 3.98. The SMILES string of the molecule is C=C=C(C(=C)C)C(C#CC(=C)C)SCC. The van der Waals surface area contributed by atoms with Crippen LogP contribution in [0.3, 0.4) is 0 Å². The Kier molecular flexibility index (Phi) is 6.71. The fourth-order valence-corrected chi connectivity index (χ4v) is 1.95. The van der Waals surface area contributed by atoms with Gasteiger partial charge in [-0.1, -0.05) is 38.5 Å². The van der Waals surface area contributed by atoms with Gasteiger partial charge in [-0.25, -0.2) is 0 Å². The fourth-order valence-electron chi connectivity index (χ4n) is 1.02. The van der Waals surface area contributed by atoms with Crippen LogP contribution >= 0.6 is 11.8 Å². The highest BCUT2D eigenvalue weighted by atomic mass is 32.2. The summed E-state index contributed by atoms with van der Waals surface area (Å²) in [4.78, 5) is 0. The highest BCUT2D eigenvalue weighted by molar-refractivity contribution is 8.00. The van der Waals surface area contributed by atoms with Crippen LogP contribution < -0.4 is 0 Å². The van der Waals surface area contributed by atoms with E-state index >= 15 is 0 Å². The van der Waals surface area contributed by atoms with Crippen molar-refractivity contribution in [1.82, 2.24) is 0 Å². The Labute approximate surface area is 97.8 Å². The molecule has 0 spiro atoms. The van der Waals surface area contributed by atoms with Crippen molar-refractivity contribution in [2.45, 2.75) is 26.0 Å². The van der Waals surface area contributed by atoms with Crippen LogP contribution in [-0.2, 0) is 0 Å². The molecule has 0 fully saturated rings. The maximum atomic E-state index is 3.91. The molecule has 80 valence electrons. The molecule has 0 aliphatic heterocycles. The molecule has 0 saturated heterocycles. The van der Waals surface area contributed by atoms with Crippen LogP contribution in [0.4, 0.5) is 0 Å². The summed E-state index contributed by atoms with van der Waals surface area (Å²) in [6.07, 6.45) is 0. The van der Waals surface area contributed by atoms with Gasteiger partial charge < -0.3 is 0 Å². The zero-order valence-corrected chi connectivity index (χ0v) is 10.6. The van der Waals surface area contributed by atoms with Crippen molar-refractivity contribution < 1.29 is 0 Å². The van der Waals surface area contributed by atoms with Crippen molar-refractivity contribution in [3.63, 3.8) is 0 Å². The van der Waals surface area contributed by atoms with E-state index in [1.165, 1.54) is 0 Å². The molecule has 0 aliphatic rings. The van der Waals surface area contributed by atoms with Crippen LogP contribution in [0, 0.1) is 11.8 Å². The topological polar surface area (TPSA) is 0 Å². The van der Waals surface area contributed by atoms with Crippen molar-refractivity contribution in [2.75, 3.05) is 5.75 Å². The van der Waals surface area contributed by atoms with Crippen LogP contribution in [0.1, 0.15) is 20.8 Å². The Morgan fingerprint density at radius 1 is 1.33 bits per heavy atom. The molecule has 0 aliphatic carbocycles. The van der Waals surface area contributed by atoms with Gasteiger partial charge in [0.05, 0.1) is 5.25 Å². The second-order valence-corrected chi connectivity index (χ2v) is 4.64. The molecule has 0 amide bonds. The van der Waals surface area contributed by atoms with E-state index in [2.05, 4.69) is 44.2 Å². The summed E-state index contributed by atoms with van der Waals surface area (Å²) in [7, 11) is 0. The second-order valence-electron chi connectivity index (χ2n) is 3.26. The minimum atomic E-state index is 0.113. The number of hydrogen-bond acceptors (Lipinski definition) is 1. The Balaban J connectivity index is 4.98. The van der Waals surface area contributed by atoms with Crippen molar-refractivity contribution >= 4 is 11.8 Å². The van der Waals surface area contributed by atoms with E-state index < -0.39 is 0 Å². The van der Waals surface area contributed by atoms with Gasteiger partial charge in [0.25, 0.3) is 0 Å². The Morgan fingerprint density at radius 2 is 1.93 bits per heavy atom. The standard InChI is InChI=1S/C14H18S/c1-7-13(12(5)6)14(15-8-2)10-9-11(3)4/h14H,1,3,5,8H2,2,4,6H3. The van der Waals surface area contributed by atoms with Crippen molar-refractivity contribution in [3.8, 4) is 11.8 Å². The van der Waals surface area contributed by atoms with Crippen LogP contribution in [0.15, 0.2) is 42.2 Å². The zero-order valence-electron chi connectivity index (χ0n) is 9.81.